The highest BCUT2D eigenvalue weighted by atomic mass is 79.9. The van der Waals surface area contributed by atoms with Crippen molar-refractivity contribution in [2.75, 3.05) is 0 Å². The molecule has 0 saturated heterocycles. The molecule has 0 fully saturated rings. The number of H-pyrrole nitrogens is 1. The van der Waals surface area contributed by atoms with E-state index in [0.29, 0.717) is 14.9 Å². The smallest absolute Gasteiger partial charge is 0.205 e. The summed E-state index contributed by atoms with van der Waals surface area (Å²) in [6, 6.07) is 3.64. The quantitative estimate of drug-likeness (QED) is 0.789. The van der Waals surface area contributed by atoms with Gasteiger partial charge >= 0.3 is 0 Å². The van der Waals surface area contributed by atoms with Gasteiger partial charge in [-0.2, -0.15) is 0 Å². The van der Waals surface area contributed by atoms with Crippen molar-refractivity contribution < 1.29 is 0 Å². The monoisotopic (exact) mass is 285 g/mol. The highest BCUT2D eigenvalue weighted by Crippen LogP contribution is 2.24. The third-order valence-electron chi connectivity index (χ3n) is 2.43. The Balaban J connectivity index is 3.12. The van der Waals surface area contributed by atoms with Gasteiger partial charge in [-0.05, 0) is 41.4 Å². The van der Waals surface area contributed by atoms with E-state index in [9.17, 15) is 4.79 Å². The largest absolute Gasteiger partial charge is 0.357 e. The molecule has 0 unspecified atom stereocenters. The molecule has 15 heavy (non-hydrogen) atoms. The molecule has 0 aliphatic carbocycles. The topological polar surface area (TPSA) is 32.9 Å². The van der Waals surface area contributed by atoms with E-state index in [1.54, 1.807) is 6.07 Å². The van der Waals surface area contributed by atoms with Crippen LogP contribution < -0.4 is 5.43 Å². The lowest BCUT2D eigenvalue weighted by molar-refractivity contribution is 1.20. The summed E-state index contributed by atoms with van der Waals surface area (Å²) >= 11 is 9.27. The number of halogens is 2. The second-order valence-electron chi connectivity index (χ2n) is 3.51. The van der Waals surface area contributed by atoms with E-state index in [1.807, 2.05) is 19.9 Å². The summed E-state index contributed by atoms with van der Waals surface area (Å²) in [5.41, 5.74) is 2.59. The van der Waals surface area contributed by atoms with Gasteiger partial charge in [0.05, 0.1) is 20.4 Å². The van der Waals surface area contributed by atoms with Crippen molar-refractivity contribution in [3.05, 3.63) is 43.1 Å². The minimum Gasteiger partial charge on any atom is -0.357 e. The molecule has 0 bridgehead atoms. The Bertz CT molecular complexity index is 604. The first-order valence-corrected chi connectivity index (χ1v) is 5.66. The minimum atomic E-state index is -0.0602. The molecule has 0 radical (unpaired) electrons. The maximum absolute atomic E-state index is 12.0. The van der Waals surface area contributed by atoms with Crippen LogP contribution in [-0.4, -0.2) is 4.98 Å². The summed E-state index contributed by atoms with van der Waals surface area (Å²) in [7, 11) is 0. The van der Waals surface area contributed by atoms with Crippen molar-refractivity contribution in [2.24, 2.45) is 0 Å². The van der Waals surface area contributed by atoms with E-state index >= 15 is 0 Å². The lowest BCUT2D eigenvalue weighted by Gasteiger charge is -2.06. The third kappa shape index (κ3) is 1.60. The SMILES string of the molecule is Cc1[nH]c2c(C)ccc(Cl)c2c(=O)c1Br. The van der Waals surface area contributed by atoms with E-state index in [2.05, 4.69) is 20.9 Å². The number of nitrogens with one attached hydrogen (secondary N) is 1. The van der Waals surface area contributed by atoms with E-state index < -0.39 is 0 Å². The number of aromatic amines is 1. The van der Waals surface area contributed by atoms with Crippen LogP contribution in [0.2, 0.25) is 5.02 Å². The number of pyridine rings is 1. The van der Waals surface area contributed by atoms with Crippen LogP contribution in [0.1, 0.15) is 11.3 Å². The van der Waals surface area contributed by atoms with E-state index in [4.69, 9.17) is 11.6 Å². The van der Waals surface area contributed by atoms with Gasteiger partial charge < -0.3 is 4.98 Å². The zero-order valence-electron chi connectivity index (χ0n) is 8.32. The van der Waals surface area contributed by atoms with Crippen LogP contribution in [0.15, 0.2) is 21.4 Å². The molecule has 1 heterocycles. The fourth-order valence-corrected chi connectivity index (χ4v) is 2.13. The summed E-state index contributed by atoms with van der Waals surface area (Å²) in [5.74, 6) is 0. The van der Waals surface area contributed by atoms with Gasteiger partial charge in [0.15, 0.2) is 0 Å². The number of benzene rings is 1. The third-order valence-corrected chi connectivity index (χ3v) is 3.70. The molecule has 0 atom stereocenters. The van der Waals surface area contributed by atoms with Gasteiger partial charge in [0.2, 0.25) is 5.43 Å². The number of aromatic nitrogens is 1. The van der Waals surface area contributed by atoms with Crippen LogP contribution in [0.25, 0.3) is 10.9 Å². The second-order valence-corrected chi connectivity index (χ2v) is 4.71. The molecule has 0 saturated carbocycles. The molecular weight excluding hydrogens is 277 g/mol. The van der Waals surface area contributed by atoms with Crippen molar-refractivity contribution in [2.45, 2.75) is 13.8 Å². The first-order valence-electron chi connectivity index (χ1n) is 4.49. The molecule has 2 rings (SSSR count). The van der Waals surface area contributed by atoms with Gasteiger partial charge in [-0.25, -0.2) is 0 Å². The van der Waals surface area contributed by atoms with Crippen molar-refractivity contribution in [1.82, 2.24) is 4.98 Å². The maximum Gasteiger partial charge on any atom is 0.205 e. The van der Waals surface area contributed by atoms with E-state index in [-0.39, 0.29) is 5.43 Å². The summed E-state index contributed by atoms with van der Waals surface area (Å²) < 4.78 is 0.544. The Morgan fingerprint density at radius 3 is 2.67 bits per heavy atom. The zero-order chi connectivity index (χ0) is 11.2. The van der Waals surface area contributed by atoms with Crippen molar-refractivity contribution in [3.8, 4) is 0 Å². The zero-order valence-corrected chi connectivity index (χ0v) is 10.7. The molecule has 0 spiro atoms. The normalized spacial score (nSPS) is 10.9. The number of rotatable bonds is 0. The van der Waals surface area contributed by atoms with Crippen molar-refractivity contribution >= 4 is 38.4 Å². The summed E-state index contributed by atoms with van der Waals surface area (Å²) in [6.45, 7) is 3.80. The first kappa shape index (κ1) is 10.7. The Hall–Kier alpha value is -0.800. The second kappa shape index (κ2) is 3.65. The molecule has 0 aliphatic rings. The average molecular weight is 287 g/mol. The van der Waals surface area contributed by atoms with Gasteiger partial charge in [-0.3, -0.25) is 4.79 Å². The van der Waals surface area contributed by atoms with Gasteiger partial charge in [-0.15, -0.1) is 0 Å². The molecule has 0 amide bonds. The lowest BCUT2D eigenvalue weighted by atomic mass is 10.1. The first-order chi connectivity index (χ1) is 7.02. The Morgan fingerprint density at radius 2 is 2.00 bits per heavy atom. The summed E-state index contributed by atoms with van der Waals surface area (Å²) in [5, 5.41) is 1.03. The molecule has 1 aromatic carbocycles. The predicted octanol–water partition coefficient (Wildman–Crippen LogP) is 3.56. The average Bonchev–Trinajstić information content (AvgIpc) is 2.20. The number of hydrogen-bond acceptors (Lipinski definition) is 1. The fraction of sp³-hybridized carbons (Fsp3) is 0.182. The molecule has 1 N–H and O–H groups in total. The summed E-state index contributed by atoms with van der Waals surface area (Å²) in [4.78, 5) is 15.1. The van der Waals surface area contributed by atoms with Gasteiger partial charge in [0.25, 0.3) is 0 Å². The highest BCUT2D eigenvalue weighted by Gasteiger charge is 2.11. The molecule has 2 aromatic rings. The molecular formula is C11H9BrClNO. The van der Waals surface area contributed by atoms with Crippen molar-refractivity contribution in [1.29, 1.82) is 0 Å². The number of hydrogen-bond donors (Lipinski definition) is 1. The number of aryl methyl sites for hydroxylation is 2. The molecule has 4 heteroatoms. The summed E-state index contributed by atoms with van der Waals surface area (Å²) in [6.07, 6.45) is 0. The minimum absolute atomic E-state index is 0.0602. The number of fused-ring (bicyclic) bond motifs is 1. The molecule has 0 aliphatic heterocycles. The standard InChI is InChI=1S/C11H9BrClNO/c1-5-3-4-7(13)8-10(5)14-6(2)9(12)11(8)15/h3-4H,1-2H3,(H,14,15). The molecule has 78 valence electrons. The highest BCUT2D eigenvalue weighted by molar-refractivity contribution is 9.10. The van der Waals surface area contributed by atoms with Crippen molar-refractivity contribution in [3.63, 3.8) is 0 Å². The Kier molecular flexibility index (Phi) is 2.61. The van der Waals surface area contributed by atoms with Crippen LogP contribution in [-0.2, 0) is 0 Å². The Morgan fingerprint density at radius 1 is 1.33 bits per heavy atom. The maximum atomic E-state index is 12.0. The van der Waals surface area contributed by atoms with Crippen LogP contribution in [0.4, 0.5) is 0 Å². The fourth-order valence-electron chi connectivity index (χ4n) is 1.59. The Labute approximate surface area is 100 Å². The van der Waals surface area contributed by atoms with Gasteiger partial charge in [0, 0.05) is 5.69 Å². The van der Waals surface area contributed by atoms with Crippen LogP contribution in [0.5, 0.6) is 0 Å². The van der Waals surface area contributed by atoms with Gasteiger partial charge in [-0.1, -0.05) is 17.7 Å². The lowest BCUT2D eigenvalue weighted by Crippen LogP contribution is -2.08. The van der Waals surface area contributed by atoms with Crippen LogP contribution in [0, 0.1) is 13.8 Å². The predicted molar refractivity (Wildman–Crippen MR) is 66.8 cm³/mol. The van der Waals surface area contributed by atoms with E-state index in [1.165, 1.54) is 0 Å². The molecule has 1 aromatic heterocycles. The van der Waals surface area contributed by atoms with Crippen LogP contribution in [0.3, 0.4) is 0 Å². The van der Waals surface area contributed by atoms with Crippen LogP contribution >= 0.6 is 27.5 Å². The molecule has 2 nitrogen and oxygen atoms in total. The van der Waals surface area contributed by atoms with E-state index in [0.717, 1.165) is 16.8 Å². The van der Waals surface area contributed by atoms with Gasteiger partial charge in [0.1, 0.15) is 0 Å².